The minimum absolute atomic E-state index is 0.274. The number of carbonyl (C=O) groups is 2. The molecular formula is C19H21Br2N3O3. The molecule has 2 rings (SSSR count). The molecule has 0 spiro atoms. The first kappa shape index (κ1) is 21.2. The fourth-order valence-electron chi connectivity index (χ4n) is 2.50. The van der Waals surface area contributed by atoms with Crippen LogP contribution in [0.1, 0.15) is 11.1 Å². The van der Waals surface area contributed by atoms with Crippen molar-refractivity contribution in [3.8, 4) is 0 Å². The van der Waals surface area contributed by atoms with Crippen LogP contribution in [0.2, 0.25) is 0 Å². The van der Waals surface area contributed by atoms with Gasteiger partial charge in [-0.1, -0.05) is 30.3 Å². The van der Waals surface area contributed by atoms with Crippen LogP contribution in [-0.2, 0) is 22.4 Å². The van der Waals surface area contributed by atoms with Gasteiger partial charge >= 0.3 is 12.0 Å². The number of methoxy groups -OCH3 is 1. The first-order valence-electron chi connectivity index (χ1n) is 8.30. The lowest BCUT2D eigenvalue weighted by Crippen LogP contribution is -2.48. The molecule has 6 nitrogen and oxygen atoms in total. The van der Waals surface area contributed by atoms with Crippen molar-refractivity contribution in [3.05, 3.63) is 62.5 Å². The maximum atomic E-state index is 12.2. The predicted molar refractivity (Wildman–Crippen MR) is 112 cm³/mol. The van der Waals surface area contributed by atoms with E-state index in [9.17, 15) is 9.59 Å². The maximum absolute atomic E-state index is 12.2. The Morgan fingerprint density at radius 3 is 2.33 bits per heavy atom. The Labute approximate surface area is 175 Å². The van der Waals surface area contributed by atoms with E-state index in [0.29, 0.717) is 27.6 Å². The molecule has 0 radical (unpaired) electrons. The highest BCUT2D eigenvalue weighted by Crippen LogP contribution is 2.30. The number of urea groups is 1. The summed E-state index contributed by atoms with van der Waals surface area (Å²) in [6.45, 7) is 0.461. The molecule has 0 heterocycles. The standard InChI is InChI=1S/C19H21Br2N3O3/c1-27-18(25)16(11-13-9-14(20)17(22)15(21)10-13)24-19(26)23-8-7-12-5-3-2-4-6-12/h2-6,9-10,16H,7-8,11,22H2,1H3,(H2,23,24,26)/t16-/m1/s1. The number of nitrogens with two attached hydrogens (primary N) is 1. The van der Waals surface area contributed by atoms with Gasteiger partial charge in [0.15, 0.2) is 0 Å². The van der Waals surface area contributed by atoms with E-state index in [1.807, 2.05) is 42.5 Å². The number of hydrogen-bond acceptors (Lipinski definition) is 4. The number of nitrogen functional groups attached to an aromatic ring is 1. The minimum atomic E-state index is -0.811. The van der Waals surface area contributed by atoms with Gasteiger partial charge in [0.2, 0.25) is 0 Å². The van der Waals surface area contributed by atoms with Crippen LogP contribution in [0.15, 0.2) is 51.4 Å². The van der Waals surface area contributed by atoms with Crippen LogP contribution in [0.4, 0.5) is 10.5 Å². The molecule has 0 aliphatic carbocycles. The summed E-state index contributed by atoms with van der Waals surface area (Å²) in [5.74, 6) is -0.516. The fraction of sp³-hybridized carbons (Fsp3) is 0.263. The number of amides is 2. The summed E-state index contributed by atoms with van der Waals surface area (Å²) >= 11 is 6.75. The smallest absolute Gasteiger partial charge is 0.328 e. The van der Waals surface area contributed by atoms with E-state index in [4.69, 9.17) is 10.5 Å². The summed E-state index contributed by atoms with van der Waals surface area (Å²) < 4.78 is 6.24. The normalized spacial score (nSPS) is 11.5. The topological polar surface area (TPSA) is 93.4 Å². The van der Waals surface area contributed by atoms with Crippen molar-refractivity contribution in [2.24, 2.45) is 0 Å². The number of hydrogen-bond donors (Lipinski definition) is 3. The SMILES string of the molecule is COC(=O)[C@@H](Cc1cc(Br)c(N)c(Br)c1)NC(=O)NCCc1ccccc1. The molecule has 0 fully saturated rings. The number of carbonyl (C=O) groups excluding carboxylic acids is 2. The summed E-state index contributed by atoms with van der Waals surface area (Å²) in [5.41, 5.74) is 8.40. The highest BCUT2D eigenvalue weighted by Gasteiger charge is 2.22. The van der Waals surface area contributed by atoms with E-state index >= 15 is 0 Å². The summed E-state index contributed by atoms with van der Waals surface area (Å²) in [6.07, 6.45) is 0.977. The van der Waals surface area contributed by atoms with E-state index in [1.54, 1.807) is 0 Å². The van der Waals surface area contributed by atoms with Crippen molar-refractivity contribution in [2.75, 3.05) is 19.4 Å². The molecule has 2 amide bonds. The second kappa shape index (κ2) is 10.3. The molecule has 0 unspecified atom stereocenters. The van der Waals surface area contributed by atoms with Gasteiger partial charge in [0, 0.05) is 21.9 Å². The third-order valence-corrected chi connectivity index (χ3v) is 5.22. The summed E-state index contributed by atoms with van der Waals surface area (Å²) in [5, 5.41) is 5.43. The Morgan fingerprint density at radius 1 is 1.11 bits per heavy atom. The Morgan fingerprint density at radius 2 is 1.74 bits per heavy atom. The van der Waals surface area contributed by atoms with Gasteiger partial charge in [0.25, 0.3) is 0 Å². The Kier molecular flexibility index (Phi) is 8.12. The molecule has 1 atom stereocenters. The highest BCUT2D eigenvalue weighted by atomic mass is 79.9. The molecule has 2 aromatic rings. The average molecular weight is 499 g/mol. The lowest BCUT2D eigenvalue weighted by Gasteiger charge is -2.18. The van der Waals surface area contributed by atoms with E-state index in [0.717, 1.165) is 11.1 Å². The minimum Gasteiger partial charge on any atom is -0.467 e. The lowest BCUT2D eigenvalue weighted by molar-refractivity contribution is -0.142. The number of nitrogens with one attached hydrogen (secondary N) is 2. The van der Waals surface area contributed by atoms with E-state index < -0.39 is 18.0 Å². The summed E-state index contributed by atoms with van der Waals surface area (Å²) in [7, 11) is 1.29. The zero-order valence-electron chi connectivity index (χ0n) is 14.8. The Balaban J connectivity index is 1.95. The third-order valence-electron chi connectivity index (χ3n) is 3.91. The molecule has 0 saturated heterocycles. The van der Waals surface area contributed by atoms with Crippen molar-refractivity contribution in [3.63, 3.8) is 0 Å². The van der Waals surface area contributed by atoms with Crippen LogP contribution in [0.25, 0.3) is 0 Å². The van der Waals surface area contributed by atoms with Crippen molar-refractivity contribution in [2.45, 2.75) is 18.9 Å². The largest absolute Gasteiger partial charge is 0.467 e. The molecule has 0 aromatic heterocycles. The molecule has 2 aromatic carbocycles. The van der Waals surface area contributed by atoms with Gasteiger partial charge < -0.3 is 21.1 Å². The second-order valence-electron chi connectivity index (χ2n) is 5.89. The quantitative estimate of drug-likeness (QED) is 0.402. The van der Waals surface area contributed by atoms with E-state index in [2.05, 4.69) is 42.5 Å². The maximum Gasteiger partial charge on any atom is 0.328 e. The first-order valence-corrected chi connectivity index (χ1v) is 9.88. The summed E-state index contributed by atoms with van der Waals surface area (Å²) in [6, 6.07) is 12.2. The highest BCUT2D eigenvalue weighted by molar-refractivity contribution is 9.11. The molecule has 0 saturated carbocycles. The van der Waals surface area contributed by atoms with Crippen molar-refractivity contribution in [1.82, 2.24) is 10.6 Å². The number of esters is 1. The van der Waals surface area contributed by atoms with Crippen LogP contribution in [0, 0.1) is 0 Å². The average Bonchev–Trinajstić information content (AvgIpc) is 2.65. The van der Waals surface area contributed by atoms with E-state index in [1.165, 1.54) is 7.11 Å². The van der Waals surface area contributed by atoms with Crippen LogP contribution in [0.5, 0.6) is 0 Å². The van der Waals surface area contributed by atoms with Gasteiger partial charge in [-0.15, -0.1) is 0 Å². The molecule has 27 heavy (non-hydrogen) atoms. The molecule has 0 bridgehead atoms. The van der Waals surface area contributed by atoms with Gasteiger partial charge in [-0.3, -0.25) is 0 Å². The zero-order chi connectivity index (χ0) is 19.8. The van der Waals surface area contributed by atoms with Crippen LogP contribution < -0.4 is 16.4 Å². The van der Waals surface area contributed by atoms with Crippen LogP contribution >= 0.6 is 31.9 Å². The zero-order valence-corrected chi connectivity index (χ0v) is 18.0. The molecule has 4 N–H and O–H groups in total. The second-order valence-corrected chi connectivity index (χ2v) is 7.60. The molecule has 144 valence electrons. The summed E-state index contributed by atoms with van der Waals surface area (Å²) in [4.78, 5) is 24.2. The van der Waals surface area contributed by atoms with Gasteiger partial charge in [0.05, 0.1) is 12.8 Å². The van der Waals surface area contributed by atoms with Gasteiger partial charge in [-0.25, -0.2) is 9.59 Å². The van der Waals surface area contributed by atoms with Gasteiger partial charge in [0.1, 0.15) is 6.04 Å². The van der Waals surface area contributed by atoms with Crippen molar-refractivity contribution < 1.29 is 14.3 Å². The Hall–Kier alpha value is -2.06. The van der Waals surface area contributed by atoms with Gasteiger partial charge in [-0.05, 0) is 61.5 Å². The number of anilines is 1. The van der Waals surface area contributed by atoms with Crippen LogP contribution in [-0.4, -0.2) is 31.7 Å². The predicted octanol–water partition coefficient (Wildman–Crippen LogP) is 3.42. The molecule has 0 aliphatic rings. The van der Waals surface area contributed by atoms with Crippen molar-refractivity contribution in [1.29, 1.82) is 0 Å². The number of ether oxygens (including phenoxy) is 1. The monoisotopic (exact) mass is 497 g/mol. The number of rotatable bonds is 7. The number of halogens is 2. The third kappa shape index (κ3) is 6.55. The first-order chi connectivity index (χ1) is 12.9. The number of benzene rings is 2. The van der Waals surface area contributed by atoms with Gasteiger partial charge in [-0.2, -0.15) is 0 Å². The van der Waals surface area contributed by atoms with E-state index in [-0.39, 0.29) is 6.42 Å². The van der Waals surface area contributed by atoms with Crippen molar-refractivity contribution >= 4 is 49.5 Å². The fourth-order valence-corrected chi connectivity index (χ4v) is 3.78. The molecule has 0 aliphatic heterocycles. The Bertz CT molecular complexity index is 777. The lowest BCUT2D eigenvalue weighted by atomic mass is 10.1. The molecular weight excluding hydrogens is 478 g/mol. The molecule has 8 heteroatoms. The van der Waals surface area contributed by atoms with Crippen LogP contribution in [0.3, 0.4) is 0 Å².